The number of piperidine rings is 1. The lowest BCUT2D eigenvalue weighted by Crippen LogP contribution is -2.56. The number of fused-ring (bicyclic) bond motifs is 2. The fourth-order valence-corrected chi connectivity index (χ4v) is 3.85. The van der Waals surface area contributed by atoms with E-state index in [9.17, 15) is 9.18 Å². The van der Waals surface area contributed by atoms with Crippen molar-refractivity contribution in [1.82, 2.24) is 15.3 Å². The quantitative estimate of drug-likeness (QED) is 0.263. The van der Waals surface area contributed by atoms with Crippen molar-refractivity contribution in [1.29, 1.82) is 0 Å². The van der Waals surface area contributed by atoms with E-state index in [1.54, 1.807) is 12.1 Å². The molecule has 0 amide bonds. The average Bonchev–Trinajstić information content (AvgIpc) is 2.85. The smallest absolute Gasteiger partial charge is 0.293 e. The van der Waals surface area contributed by atoms with Gasteiger partial charge < -0.3 is 35.3 Å². The molecule has 0 saturated carbocycles. The lowest BCUT2D eigenvalue weighted by molar-refractivity contribution is -0.138. The largest absolute Gasteiger partial charge is 0.489 e. The van der Waals surface area contributed by atoms with Gasteiger partial charge in [0.1, 0.15) is 30.2 Å². The summed E-state index contributed by atoms with van der Waals surface area (Å²) >= 11 is 0. The summed E-state index contributed by atoms with van der Waals surface area (Å²) in [6.45, 7) is 7.26. The molecule has 2 aliphatic rings. The molecule has 2 aliphatic heterocycles. The first-order valence-electron chi connectivity index (χ1n) is 12.1. The molecule has 4 N–H and O–H groups in total. The zero-order chi connectivity index (χ0) is 27.5. The summed E-state index contributed by atoms with van der Waals surface area (Å²) in [6, 6.07) is 4.97. The summed E-state index contributed by atoms with van der Waals surface area (Å²) in [5, 5.41) is 6.46. The number of carbonyl (C=O) groups is 1. The number of carbonyl (C=O) groups excluding carboxylic acids is 1. The number of benzene rings is 1. The van der Waals surface area contributed by atoms with Gasteiger partial charge in [-0.25, -0.2) is 19.4 Å². The highest BCUT2D eigenvalue weighted by Crippen LogP contribution is 2.36. The number of hydrogen-bond donors (Lipinski definition) is 3. The van der Waals surface area contributed by atoms with Crippen molar-refractivity contribution in [2.24, 2.45) is 15.7 Å². The van der Waals surface area contributed by atoms with Crippen LogP contribution in [0.1, 0.15) is 33.6 Å². The molecule has 2 bridgehead atoms. The van der Waals surface area contributed by atoms with Gasteiger partial charge in [0.25, 0.3) is 12.4 Å². The van der Waals surface area contributed by atoms with Crippen molar-refractivity contribution in [2.75, 3.05) is 25.6 Å². The van der Waals surface area contributed by atoms with Crippen molar-refractivity contribution < 1.29 is 28.1 Å². The van der Waals surface area contributed by atoms with Crippen LogP contribution in [0.4, 0.5) is 21.6 Å². The highest BCUT2D eigenvalue weighted by molar-refractivity contribution is 5.73. The molecule has 1 aromatic heterocycles. The molecule has 1 aromatic carbocycles. The van der Waals surface area contributed by atoms with E-state index in [-0.39, 0.29) is 29.5 Å². The number of nitrogens with zero attached hydrogens (tertiary/aromatic N) is 4. The van der Waals surface area contributed by atoms with Crippen LogP contribution in [0, 0.1) is 5.82 Å². The molecule has 0 spiro atoms. The van der Waals surface area contributed by atoms with Gasteiger partial charge in [0.05, 0.1) is 38.0 Å². The Morgan fingerprint density at radius 3 is 2.55 bits per heavy atom. The maximum Gasteiger partial charge on any atom is 0.293 e. The second-order valence-corrected chi connectivity index (χ2v) is 9.53. The monoisotopic (exact) mass is 531 g/mol. The Morgan fingerprint density at radius 2 is 1.97 bits per heavy atom. The third-order valence-electron chi connectivity index (χ3n) is 5.42. The molecule has 13 heteroatoms. The molecule has 0 aliphatic carbocycles. The minimum absolute atomic E-state index is 0.0261. The Hall–Kier alpha value is -3.84. The summed E-state index contributed by atoms with van der Waals surface area (Å²) in [7, 11) is 1.49. The minimum Gasteiger partial charge on any atom is -0.489 e. The Balaban J connectivity index is 0.000000505. The topological polar surface area (TPSA) is 155 Å². The molecule has 0 radical (unpaired) electrons. The second-order valence-electron chi connectivity index (χ2n) is 9.53. The van der Waals surface area contributed by atoms with Gasteiger partial charge in [-0.15, -0.1) is 0 Å². The number of nitrogens with one attached hydrogen (secondary N) is 2. The van der Waals surface area contributed by atoms with Crippen LogP contribution in [0.2, 0.25) is 0 Å². The number of halogens is 1. The van der Waals surface area contributed by atoms with Gasteiger partial charge in [-0.1, -0.05) is 0 Å². The molecule has 2 fully saturated rings. The maximum atomic E-state index is 14.6. The highest BCUT2D eigenvalue weighted by Gasteiger charge is 2.34. The van der Waals surface area contributed by atoms with E-state index < -0.39 is 5.82 Å². The van der Waals surface area contributed by atoms with Gasteiger partial charge in [-0.3, -0.25) is 4.79 Å². The van der Waals surface area contributed by atoms with Crippen LogP contribution in [-0.4, -0.2) is 73.2 Å². The van der Waals surface area contributed by atoms with E-state index in [1.807, 2.05) is 20.8 Å². The van der Waals surface area contributed by atoms with Crippen molar-refractivity contribution in [3.8, 4) is 11.6 Å². The first-order valence-corrected chi connectivity index (χ1v) is 12.1. The summed E-state index contributed by atoms with van der Waals surface area (Å²) in [6.07, 6.45) is 5.27. The summed E-state index contributed by atoms with van der Waals surface area (Å²) in [4.78, 5) is 25.7. The number of rotatable bonds is 8. The third kappa shape index (κ3) is 8.63. The van der Waals surface area contributed by atoms with Gasteiger partial charge >= 0.3 is 0 Å². The molecule has 3 heterocycles. The predicted molar refractivity (Wildman–Crippen MR) is 141 cm³/mol. The predicted octanol–water partition coefficient (Wildman–Crippen LogP) is 2.87. The number of ether oxygens (including phenoxy) is 4. The first-order chi connectivity index (χ1) is 18.2. The fraction of sp³-hybridized carbons (Fsp3) is 0.480. The van der Waals surface area contributed by atoms with Crippen LogP contribution in [0.5, 0.6) is 11.6 Å². The fourth-order valence-electron chi connectivity index (χ4n) is 3.85. The van der Waals surface area contributed by atoms with E-state index in [4.69, 9.17) is 19.9 Å². The second kappa shape index (κ2) is 13.6. The third-order valence-corrected chi connectivity index (χ3v) is 5.42. The Bertz CT molecular complexity index is 1110. The first kappa shape index (κ1) is 28.7. The van der Waals surface area contributed by atoms with E-state index in [0.717, 1.165) is 19.2 Å². The molecular weight excluding hydrogens is 497 g/mol. The standard InChI is InChI=1S/C20H24FN7O3.C5H10O2/c1-29-18-19(28-17-3-2-12(6-16(17)21)24-10-23-9-22)25-11-26-20(18)31-15-4-13-7-30-8-14(5-15)27-13;1-5(2,3)7-4-6/h2-3,6,9-11,13-15,27H,4-5,7-8H2,1H3,(H2,22,23,24)(H,25,26,28);4H,1-3H3. The van der Waals surface area contributed by atoms with Crippen LogP contribution >= 0.6 is 0 Å². The van der Waals surface area contributed by atoms with Crippen molar-refractivity contribution in [2.45, 2.75) is 57.4 Å². The Kier molecular flexibility index (Phi) is 10.3. The minimum atomic E-state index is -0.513. The van der Waals surface area contributed by atoms with Crippen LogP contribution in [0.25, 0.3) is 0 Å². The van der Waals surface area contributed by atoms with Gasteiger partial charge in [-0.05, 0) is 32.9 Å². The lowest BCUT2D eigenvalue weighted by atomic mass is 9.95. The lowest BCUT2D eigenvalue weighted by Gasteiger charge is -2.39. The normalized spacial score (nSPS) is 20.9. The van der Waals surface area contributed by atoms with E-state index in [2.05, 4.69) is 35.3 Å². The molecule has 4 rings (SSSR count). The zero-order valence-corrected chi connectivity index (χ0v) is 21.9. The van der Waals surface area contributed by atoms with Gasteiger partial charge in [0.15, 0.2) is 5.82 Å². The highest BCUT2D eigenvalue weighted by atomic mass is 19.1. The van der Waals surface area contributed by atoms with Gasteiger partial charge in [0.2, 0.25) is 5.75 Å². The molecule has 12 nitrogen and oxygen atoms in total. The molecule has 38 heavy (non-hydrogen) atoms. The van der Waals surface area contributed by atoms with Crippen LogP contribution in [-0.2, 0) is 14.3 Å². The number of methoxy groups -OCH3 is 1. The average molecular weight is 532 g/mol. The SMILES string of the molecule is CC(C)(C)OC=O.COc1c(Nc2ccc(N=CN=CN)cc2F)ncnc1OC1CC2COCC(C1)N2. The molecule has 2 atom stereocenters. The summed E-state index contributed by atoms with van der Waals surface area (Å²) in [5.74, 6) is 0.405. The number of aromatic nitrogens is 2. The molecule has 2 aromatic rings. The number of hydrogen-bond acceptors (Lipinski definition) is 10. The zero-order valence-electron chi connectivity index (χ0n) is 21.9. The molecule has 2 saturated heterocycles. The van der Waals surface area contributed by atoms with Crippen molar-refractivity contribution in [3.63, 3.8) is 0 Å². The number of morpholine rings is 1. The van der Waals surface area contributed by atoms with Crippen molar-refractivity contribution >= 4 is 36.3 Å². The Morgan fingerprint density at radius 1 is 1.24 bits per heavy atom. The summed E-state index contributed by atoms with van der Waals surface area (Å²) < 4.78 is 36.3. The van der Waals surface area contributed by atoms with Crippen LogP contribution in [0.15, 0.2) is 34.5 Å². The molecule has 2 unspecified atom stereocenters. The number of anilines is 2. The van der Waals surface area contributed by atoms with Crippen LogP contribution in [0.3, 0.4) is 0 Å². The van der Waals surface area contributed by atoms with E-state index >= 15 is 0 Å². The molecule has 206 valence electrons. The molecular formula is C25H34FN7O5. The number of aliphatic imine (C=N–C) groups is 2. The van der Waals surface area contributed by atoms with Crippen LogP contribution < -0.4 is 25.8 Å². The number of nitrogens with two attached hydrogens (primary N) is 1. The summed E-state index contributed by atoms with van der Waals surface area (Å²) in [5.41, 5.74) is 5.43. The van der Waals surface area contributed by atoms with Gasteiger partial charge in [-0.2, -0.15) is 4.98 Å². The Labute approximate surface area is 220 Å². The maximum absolute atomic E-state index is 14.6. The van der Waals surface area contributed by atoms with E-state index in [0.29, 0.717) is 42.8 Å². The van der Waals surface area contributed by atoms with Gasteiger partial charge in [0, 0.05) is 31.0 Å². The van der Waals surface area contributed by atoms with E-state index in [1.165, 1.54) is 25.8 Å². The van der Waals surface area contributed by atoms with Crippen molar-refractivity contribution in [3.05, 3.63) is 30.3 Å².